The fraction of sp³-hybridized carbons (Fsp3) is 0.647. The molecule has 0 aromatic heterocycles. The molecule has 0 amide bonds. The molecule has 1 aromatic carbocycles. The highest BCUT2D eigenvalue weighted by molar-refractivity contribution is 5.37. The Labute approximate surface area is 115 Å². The van der Waals surface area contributed by atoms with Gasteiger partial charge in [-0.1, -0.05) is 31.5 Å². The average molecular weight is 260 g/mol. The van der Waals surface area contributed by atoms with Crippen molar-refractivity contribution < 1.29 is 9.84 Å². The van der Waals surface area contributed by atoms with Crippen LogP contribution in [0.4, 0.5) is 0 Å². The highest BCUT2D eigenvalue weighted by Gasteiger charge is 2.31. The molecule has 104 valence electrons. The van der Waals surface area contributed by atoms with Crippen LogP contribution in [0.25, 0.3) is 0 Å². The van der Waals surface area contributed by atoms with Gasteiger partial charge in [0.15, 0.2) is 0 Å². The molecule has 4 unspecified atom stereocenters. The molecule has 0 spiro atoms. The van der Waals surface area contributed by atoms with Crippen molar-refractivity contribution >= 4 is 0 Å². The molecule has 0 radical (unpaired) electrons. The summed E-state index contributed by atoms with van der Waals surface area (Å²) >= 11 is 0. The molecule has 0 bridgehead atoms. The van der Waals surface area contributed by atoms with Crippen LogP contribution in [0, 0.1) is 11.8 Å². The van der Waals surface area contributed by atoms with Crippen LogP contribution in [0.2, 0.25) is 0 Å². The predicted molar refractivity (Wildman–Crippen MR) is 76.4 cm³/mol. The highest BCUT2D eigenvalue weighted by atomic mass is 16.5. The Morgan fingerprint density at radius 1 is 1.26 bits per heavy atom. The number of ether oxygens (including phenoxy) is 1. The molecule has 0 saturated heterocycles. The van der Waals surface area contributed by atoms with E-state index in [4.69, 9.17) is 4.74 Å². The highest BCUT2D eigenvalue weighted by Crippen LogP contribution is 2.40. The van der Waals surface area contributed by atoms with E-state index in [-0.39, 0.29) is 6.10 Å². The van der Waals surface area contributed by atoms with Crippen LogP contribution in [0.15, 0.2) is 24.3 Å². The molecule has 1 heterocycles. The topological polar surface area (TPSA) is 29.5 Å². The van der Waals surface area contributed by atoms with E-state index in [2.05, 4.69) is 19.1 Å². The second kappa shape index (κ2) is 5.54. The number of benzene rings is 1. The Hall–Kier alpha value is -1.02. The summed E-state index contributed by atoms with van der Waals surface area (Å²) in [5.41, 5.74) is 1.29. The molecule has 1 aliphatic carbocycles. The molecule has 1 aromatic rings. The number of hydrogen-bond acceptors (Lipinski definition) is 2. The Morgan fingerprint density at radius 3 is 2.89 bits per heavy atom. The molecule has 2 heteroatoms. The maximum atomic E-state index is 10.5. The number of aliphatic hydroxyl groups excluding tert-OH is 1. The van der Waals surface area contributed by atoms with Crippen LogP contribution in [0.5, 0.6) is 5.75 Å². The summed E-state index contributed by atoms with van der Waals surface area (Å²) in [4.78, 5) is 0. The Morgan fingerprint density at radius 2 is 2.11 bits per heavy atom. The van der Waals surface area contributed by atoms with Gasteiger partial charge >= 0.3 is 0 Å². The zero-order chi connectivity index (χ0) is 13.2. The minimum absolute atomic E-state index is 0.138. The van der Waals surface area contributed by atoms with Gasteiger partial charge in [0.1, 0.15) is 5.75 Å². The van der Waals surface area contributed by atoms with E-state index in [9.17, 15) is 5.11 Å². The quantitative estimate of drug-likeness (QED) is 0.897. The van der Waals surface area contributed by atoms with Crippen molar-refractivity contribution in [3.05, 3.63) is 29.8 Å². The van der Waals surface area contributed by atoms with Crippen LogP contribution < -0.4 is 4.74 Å². The van der Waals surface area contributed by atoms with E-state index >= 15 is 0 Å². The molecular formula is C17H24O2. The van der Waals surface area contributed by atoms with Crippen molar-refractivity contribution in [2.75, 3.05) is 6.61 Å². The molecule has 4 atom stereocenters. The summed E-state index contributed by atoms with van der Waals surface area (Å²) in [5, 5.41) is 10.5. The van der Waals surface area contributed by atoms with E-state index in [1.807, 2.05) is 12.1 Å². The second-order valence-corrected chi connectivity index (χ2v) is 6.35. The standard InChI is InChI=1S/C17H24O2/c1-12-6-7-14(10-12)16(18)11-13-8-9-19-17-5-3-2-4-15(13)17/h2-5,12-14,16,18H,6-11H2,1H3. The Kier molecular flexibility index (Phi) is 3.79. The number of para-hydroxylation sites is 1. The van der Waals surface area contributed by atoms with Crippen molar-refractivity contribution in [1.29, 1.82) is 0 Å². The lowest BCUT2D eigenvalue weighted by molar-refractivity contribution is 0.0864. The molecule has 1 fully saturated rings. The lowest BCUT2D eigenvalue weighted by Crippen LogP contribution is -2.24. The lowest BCUT2D eigenvalue weighted by atomic mass is 9.84. The maximum absolute atomic E-state index is 10.5. The lowest BCUT2D eigenvalue weighted by Gasteiger charge is -2.29. The van der Waals surface area contributed by atoms with Crippen LogP contribution in [0.1, 0.15) is 50.5 Å². The Balaban J connectivity index is 1.67. The molecule has 1 N–H and O–H groups in total. The minimum Gasteiger partial charge on any atom is -0.493 e. The summed E-state index contributed by atoms with van der Waals surface area (Å²) in [5.74, 6) is 2.80. The molecular weight excluding hydrogens is 236 g/mol. The minimum atomic E-state index is -0.138. The first-order valence-electron chi connectivity index (χ1n) is 7.64. The first-order valence-corrected chi connectivity index (χ1v) is 7.64. The summed E-state index contributed by atoms with van der Waals surface area (Å²) < 4.78 is 5.70. The number of rotatable bonds is 3. The van der Waals surface area contributed by atoms with Crippen molar-refractivity contribution in [3.63, 3.8) is 0 Å². The van der Waals surface area contributed by atoms with Crippen LogP contribution in [-0.2, 0) is 0 Å². The first kappa shape index (κ1) is 13.0. The molecule has 19 heavy (non-hydrogen) atoms. The van der Waals surface area contributed by atoms with Crippen molar-refractivity contribution in [1.82, 2.24) is 0 Å². The van der Waals surface area contributed by atoms with E-state index in [1.165, 1.54) is 24.8 Å². The largest absolute Gasteiger partial charge is 0.493 e. The second-order valence-electron chi connectivity index (χ2n) is 6.35. The third-order valence-electron chi connectivity index (χ3n) is 4.89. The molecule has 1 aliphatic heterocycles. The smallest absolute Gasteiger partial charge is 0.122 e. The van der Waals surface area contributed by atoms with E-state index in [0.29, 0.717) is 11.8 Å². The number of aliphatic hydroxyl groups is 1. The molecule has 2 aliphatic rings. The van der Waals surface area contributed by atoms with Gasteiger partial charge in [-0.2, -0.15) is 0 Å². The molecule has 2 nitrogen and oxygen atoms in total. The van der Waals surface area contributed by atoms with Crippen LogP contribution in [0.3, 0.4) is 0 Å². The summed E-state index contributed by atoms with van der Waals surface area (Å²) in [6.45, 7) is 3.09. The third kappa shape index (κ3) is 2.79. The first-order chi connectivity index (χ1) is 9.24. The van der Waals surface area contributed by atoms with Gasteiger partial charge in [0.2, 0.25) is 0 Å². The normalized spacial score (nSPS) is 31.6. The van der Waals surface area contributed by atoms with Gasteiger partial charge in [-0.3, -0.25) is 0 Å². The summed E-state index contributed by atoms with van der Waals surface area (Å²) in [6.07, 6.45) is 5.49. The third-order valence-corrected chi connectivity index (χ3v) is 4.89. The zero-order valence-electron chi connectivity index (χ0n) is 11.7. The fourth-order valence-electron chi connectivity index (χ4n) is 3.75. The van der Waals surface area contributed by atoms with Crippen molar-refractivity contribution in [3.8, 4) is 5.75 Å². The van der Waals surface area contributed by atoms with E-state index in [0.717, 1.165) is 31.1 Å². The van der Waals surface area contributed by atoms with Crippen LogP contribution in [-0.4, -0.2) is 17.8 Å². The van der Waals surface area contributed by atoms with Gasteiger partial charge in [0, 0.05) is 0 Å². The predicted octanol–water partition coefficient (Wildman–Crippen LogP) is 3.74. The fourth-order valence-corrected chi connectivity index (χ4v) is 3.75. The molecule has 1 saturated carbocycles. The van der Waals surface area contributed by atoms with Gasteiger partial charge in [-0.25, -0.2) is 0 Å². The number of hydrogen-bond donors (Lipinski definition) is 1. The van der Waals surface area contributed by atoms with Gasteiger partial charge in [0.25, 0.3) is 0 Å². The maximum Gasteiger partial charge on any atom is 0.122 e. The van der Waals surface area contributed by atoms with Crippen molar-refractivity contribution in [2.24, 2.45) is 11.8 Å². The molecule has 3 rings (SSSR count). The van der Waals surface area contributed by atoms with Crippen LogP contribution >= 0.6 is 0 Å². The van der Waals surface area contributed by atoms with Crippen molar-refractivity contribution in [2.45, 2.75) is 51.0 Å². The van der Waals surface area contributed by atoms with E-state index < -0.39 is 0 Å². The summed E-state index contributed by atoms with van der Waals surface area (Å²) in [7, 11) is 0. The SMILES string of the molecule is CC1CCC(C(O)CC2CCOc3ccccc32)C1. The average Bonchev–Trinajstić information content (AvgIpc) is 2.86. The number of fused-ring (bicyclic) bond motifs is 1. The van der Waals surface area contributed by atoms with Gasteiger partial charge in [0.05, 0.1) is 12.7 Å². The monoisotopic (exact) mass is 260 g/mol. The van der Waals surface area contributed by atoms with Gasteiger partial charge < -0.3 is 9.84 Å². The van der Waals surface area contributed by atoms with E-state index in [1.54, 1.807) is 0 Å². The summed E-state index contributed by atoms with van der Waals surface area (Å²) in [6, 6.07) is 8.30. The van der Waals surface area contributed by atoms with Gasteiger partial charge in [-0.15, -0.1) is 0 Å². The van der Waals surface area contributed by atoms with Gasteiger partial charge in [-0.05, 0) is 55.1 Å². The zero-order valence-corrected chi connectivity index (χ0v) is 11.7. The Bertz CT molecular complexity index is 429.